The lowest BCUT2D eigenvalue weighted by atomic mass is 9.95. The van der Waals surface area contributed by atoms with Crippen LogP contribution in [-0.4, -0.2) is 12.4 Å². The summed E-state index contributed by atoms with van der Waals surface area (Å²) in [5.74, 6) is 1.74. The number of benzene rings is 1. The minimum absolute atomic E-state index is 0.720. The lowest BCUT2D eigenvalue weighted by Gasteiger charge is -2.15. The van der Waals surface area contributed by atoms with E-state index in [0.717, 1.165) is 23.4 Å². The van der Waals surface area contributed by atoms with Crippen LogP contribution in [0.25, 0.3) is 0 Å². The molecule has 2 heteroatoms. The first kappa shape index (κ1) is 14.6. The van der Waals surface area contributed by atoms with E-state index in [9.17, 15) is 0 Å². The molecule has 1 aromatic carbocycles. The van der Waals surface area contributed by atoms with Crippen molar-refractivity contribution in [2.24, 2.45) is 5.92 Å². The molecule has 0 aliphatic rings. The van der Waals surface area contributed by atoms with E-state index in [4.69, 9.17) is 4.74 Å². The third-order valence-electron chi connectivity index (χ3n) is 3.14. The molecule has 0 fully saturated rings. The summed E-state index contributed by atoms with van der Waals surface area (Å²) in [4.78, 5) is 0. The third kappa shape index (κ3) is 5.12. The monoisotopic (exact) mass is 298 g/mol. The van der Waals surface area contributed by atoms with E-state index in [1.165, 1.54) is 31.2 Å². The molecule has 0 bridgehead atoms. The van der Waals surface area contributed by atoms with Crippen LogP contribution in [0.4, 0.5) is 0 Å². The summed E-state index contributed by atoms with van der Waals surface area (Å²) in [5.41, 5.74) is 1.33. The van der Waals surface area contributed by atoms with E-state index in [2.05, 4.69) is 35.0 Å². The van der Waals surface area contributed by atoms with Gasteiger partial charge < -0.3 is 4.74 Å². The second-order valence-electron chi connectivity index (χ2n) is 4.53. The van der Waals surface area contributed by atoms with Gasteiger partial charge in [-0.15, -0.1) is 0 Å². The molecule has 1 rings (SSSR count). The van der Waals surface area contributed by atoms with Crippen molar-refractivity contribution >= 4 is 15.9 Å². The fourth-order valence-electron chi connectivity index (χ4n) is 2.10. The molecule has 0 heterocycles. The van der Waals surface area contributed by atoms with E-state index in [1.54, 1.807) is 7.11 Å². The van der Waals surface area contributed by atoms with Gasteiger partial charge in [0.25, 0.3) is 0 Å². The highest BCUT2D eigenvalue weighted by Crippen LogP contribution is 2.24. The first-order valence-corrected chi connectivity index (χ1v) is 7.61. The van der Waals surface area contributed by atoms with Crippen LogP contribution >= 0.6 is 15.9 Å². The SMILES string of the molecule is CCCCCC(CBr)Cc1ccccc1OC. The maximum Gasteiger partial charge on any atom is 0.122 e. The largest absolute Gasteiger partial charge is 0.496 e. The van der Waals surface area contributed by atoms with Crippen molar-refractivity contribution in [3.8, 4) is 5.75 Å². The molecular formula is C15H23BrO. The second kappa shape index (κ2) is 8.57. The van der Waals surface area contributed by atoms with E-state index in [-0.39, 0.29) is 0 Å². The van der Waals surface area contributed by atoms with Crippen LogP contribution in [0, 0.1) is 5.92 Å². The van der Waals surface area contributed by atoms with Crippen molar-refractivity contribution in [2.45, 2.75) is 39.0 Å². The van der Waals surface area contributed by atoms with Gasteiger partial charge in [-0.2, -0.15) is 0 Å². The third-order valence-corrected chi connectivity index (χ3v) is 4.05. The fourth-order valence-corrected chi connectivity index (χ4v) is 2.65. The highest BCUT2D eigenvalue weighted by molar-refractivity contribution is 9.09. The zero-order chi connectivity index (χ0) is 12.5. The normalized spacial score (nSPS) is 12.4. The van der Waals surface area contributed by atoms with Gasteiger partial charge in [-0.05, 0) is 30.4 Å². The topological polar surface area (TPSA) is 9.23 Å². The van der Waals surface area contributed by atoms with Gasteiger partial charge >= 0.3 is 0 Å². The van der Waals surface area contributed by atoms with Crippen molar-refractivity contribution < 1.29 is 4.74 Å². The second-order valence-corrected chi connectivity index (χ2v) is 5.18. The van der Waals surface area contributed by atoms with Gasteiger partial charge in [0.05, 0.1) is 7.11 Å². The Hall–Kier alpha value is -0.500. The van der Waals surface area contributed by atoms with Crippen LogP contribution < -0.4 is 4.74 Å². The number of para-hydroxylation sites is 1. The molecule has 1 unspecified atom stereocenters. The molecule has 0 aliphatic heterocycles. The number of hydrogen-bond acceptors (Lipinski definition) is 1. The quantitative estimate of drug-likeness (QED) is 0.493. The lowest BCUT2D eigenvalue weighted by molar-refractivity contribution is 0.403. The summed E-state index contributed by atoms with van der Waals surface area (Å²) >= 11 is 3.63. The highest BCUT2D eigenvalue weighted by Gasteiger charge is 2.11. The average molecular weight is 299 g/mol. The Morgan fingerprint density at radius 2 is 2.00 bits per heavy atom. The molecule has 0 N–H and O–H groups in total. The van der Waals surface area contributed by atoms with Gasteiger partial charge in [0.15, 0.2) is 0 Å². The molecule has 0 radical (unpaired) electrons. The van der Waals surface area contributed by atoms with Gasteiger partial charge in [-0.1, -0.05) is 60.3 Å². The summed E-state index contributed by atoms with van der Waals surface area (Å²) < 4.78 is 5.40. The molecule has 1 nitrogen and oxygen atoms in total. The van der Waals surface area contributed by atoms with E-state index in [1.807, 2.05) is 12.1 Å². The van der Waals surface area contributed by atoms with Gasteiger partial charge in [-0.25, -0.2) is 0 Å². The number of hydrogen-bond donors (Lipinski definition) is 0. The van der Waals surface area contributed by atoms with E-state index < -0.39 is 0 Å². The highest BCUT2D eigenvalue weighted by atomic mass is 79.9. The first-order chi connectivity index (χ1) is 8.31. The Morgan fingerprint density at radius 3 is 2.65 bits per heavy atom. The molecule has 0 aromatic heterocycles. The standard InChI is InChI=1S/C15H23BrO/c1-3-4-5-8-13(12-16)11-14-9-6-7-10-15(14)17-2/h6-7,9-10,13H,3-5,8,11-12H2,1-2H3. The number of rotatable bonds is 8. The van der Waals surface area contributed by atoms with Crippen molar-refractivity contribution in [2.75, 3.05) is 12.4 Å². The number of unbranched alkanes of at least 4 members (excludes halogenated alkanes) is 2. The van der Waals surface area contributed by atoms with Crippen LogP contribution in [0.5, 0.6) is 5.75 Å². The van der Waals surface area contributed by atoms with Crippen LogP contribution in [0.15, 0.2) is 24.3 Å². The van der Waals surface area contributed by atoms with Crippen molar-refractivity contribution in [3.05, 3.63) is 29.8 Å². The lowest BCUT2D eigenvalue weighted by Crippen LogP contribution is -2.07. The van der Waals surface area contributed by atoms with Crippen LogP contribution in [-0.2, 0) is 6.42 Å². The summed E-state index contributed by atoms with van der Waals surface area (Å²) in [7, 11) is 1.75. The predicted molar refractivity (Wildman–Crippen MR) is 78.1 cm³/mol. The molecular weight excluding hydrogens is 276 g/mol. The van der Waals surface area contributed by atoms with Crippen molar-refractivity contribution in [1.29, 1.82) is 0 Å². The molecule has 0 saturated heterocycles. The maximum atomic E-state index is 5.40. The predicted octanol–water partition coefficient (Wildman–Crippen LogP) is 4.83. The van der Waals surface area contributed by atoms with Gasteiger partial charge in [-0.3, -0.25) is 0 Å². The minimum atomic E-state index is 0.720. The molecule has 0 saturated carbocycles. The first-order valence-electron chi connectivity index (χ1n) is 6.49. The number of halogens is 1. The minimum Gasteiger partial charge on any atom is -0.496 e. The number of alkyl halides is 1. The number of ether oxygens (including phenoxy) is 1. The van der Waals surface area contributed by atoms with E-state index in [0.29, 0.717) is 0 Å². The Kier molecular flexibility index (Phi) is 7.34. The van der Waals surface area contributed by atoms with Crippen molar-refractivity contribution in [3.63, 3.8) is 0 Å². The fraction of sp³-hybridized carbons (Fsp3) is 0.600. The average Bonchev–Trinajstić information content (AvgIpc) is 2.38. The van der Waals surface area contributed by atoms with Gasteiger partial charge in [0.2, 0.25) is 0 Å². The molecule has 96 valence electrons. The molecule has 0 amide bonds. The zero-order valence-electron chi connectivity index (χ0n) is 10.9. The Morgan fingerprint density at radius 1 is 1.24 bits per heavy atom. The van der Waals surface area contributed by atoms with Crippen LogP contribution in [0.1, 0.15) is 38.2 Å². The summed E-state index contributed by atoms with van der Waals surface area (Å²) in [5, 5.41) is 1.08. The smallest absolute Gasteiger partial charge is 0.122 e. The van der Waals surface area contributed by atoms with E-state index >= 15 is 0 Å². The summed E-state index contributed by atoms with van der Waals surface area (Å²) in [6.45, 7) is 2.25. The maximum absolute atomic E-state index is 5.40. The Bertz CT molecular complexity index is 312. The molecule has 1 atom stereocenters. The Labute approximate surface area is 114 Å². The summed E-state index contributed by atoms with van der Waals surface area (Å²) in [6, 6.07) is 8.35. The van der Waals surface area contributed by atoms with Crippen molar-refractivity contribution in [1.82, 2.24) is 0 Å². The van der Waals surface area contributed by atoms with Gasteiger partial charge in [0.1, 0.15) is 5.75 Å². The van der Waals surface area contributed by atoms with Crippen LogP contribution in [0.2, 0.25) is 0 Å². The molecule has 0 aliphatic carbocycles. The molecule has 1 aromatic rings. The Balaban J connectivity index is 2.54. The summed E-state index contributed by atoms with van der Waals surface area (Å²) in [6.07, 6.45) is 6.39. The number of methoxy groups -OCH3 is 1. The van der Waals surface area contributed by atoms with Gasteiger partial charge in [0, 0.05) is 5.33 Å². The van der Waals surface area contributed by atoms with Crippen LogP contribution in [0.3, 0.4) is 0 Å². The molecule has 0 spiro atoms. The molecule has 17 heavy (non-hydrogen) atoms. The zero-order valence-corrected chi connectivity index (χ0v) is 12.5.